The van der Waals surface area contributed by atoms with E-state index in [1.807, 2.05) is 0 Å². The van der Waals surface area contributed by atoms with Gasteiger partial charge in [0, 0.05) is 25.1 Å². The second-order valence-electron chi connectivity index (χ2n) is 10.6. The molecule has 190 valence electrons. The molecule has 0 bridgehead atoms. The molecule has 0 saturated heterocycles. The number of ether oxygens (including phenoxy) is 2. The highest BCUT2D eigenvalue weighted by Crippen LogP contribution is 2.56. The van der Waals surface area contributed by atoms with Crippen molar-refractivity contribution in [3.05, 3.63) is 36.7 Å². The van der Waals surface area contributed by atoms with Gasteiger partial charge in [-0.2, -0.15) is 0 Å². The summed E-state index contributed by atoms with van der Waals surface area (Å²) in [6, 6.07) is 1.69. The second kappa shape index (κ2) is 9.63. The maximum absolute atomic E-state index is 12.7. The lowest BCUT2D eigenvalue weighted by atomic mass is 9.98. The molecule has 1 aliphatic carbocycles. The van der Waals surface area contributed by atoms with Gasteiger partial charge in [-0.05, 0) is 72.8 Å². The van der Waals surface area contributed by atoms with Crippen LogP contribution in [0.2, 0.25) is 0 Å². The van der Waals surface area contributed by atoms with E-state index in [4.69, 9.17) is 9.47 Å². The molecule has 11 heteroatoms. The number of imide groups is 1. The third-order valence-corrected chi connectivity index (χ3v) is 5.47. The van der Waals surface area contributed by atoms with E-state index in [-0.39, 0.29) is 12.5 Å². The van der Waals surface area contributed by atoms with Crippen LogP contribution in [0.5, 0.6) is 0 Å². The Labute approximate surface area is 204 Å². The molecule has 0 aromatic carbocycles. The van der Waals surface area contributed by atoms with E-state index < -0.39 is 34.8 Å². The largest absolute Gasteiger partial charge is 0.481 e. The Morgan fingerprint density at radius 1 is 1.06 bits per heavy atom. The van der Waals surface area contributed by atoms with Gasteiger partial charge in [0.15, 0.2) is 0 Å². The van der Waals surface area contributed by atoms with Crippen LogP contribution >= 0.6 is 0 Å². The molecule has 1 N–H and O–H groups in total. The first-order chi connectivity index (χ1) is 16.2. The van der Waals surface area contributed by atoms with Crippen molar-refractivity contribution in [3.63, 3.8) is 0 Å². The Kier molecular flexibility index (Phi) is 7.18. The number of carboxylic acid groups (broad SMARTS) is 1. The Morgan fingerprint density at radius 3 is 2.14 bits per heavy atom. The van der Waals surface area contributed by atoms with Crippen LogP contribution in [0.3, 0.4) is 0 Å². The molecule has 2 aromatic heterocycles. The molecule has 0 radical (unpaired) electrons. The van der Waals surface area contributed by atoms with Gasteiger partial charge in [0.1, 0.15) is 22.9 Å². The number of aromatic nitrogens is 4. The number of aliphatic carboxylic acids is 1. The fraction of sp³-hybridized carbons (Fsp3) is 0.583. The topological polar surface area (TPSA) is 137 Å². The van der Waals surface area contributed by atoms with Crippen molar-refractivity contribution in [1.29, 1.82) is 0 Å². The molecule has 2 heterocycles. The average molecular weight is 488 g/mol. The Morgan fingerprint density at radius 2 is 1.63 bits per heavy atom. The molecular weight excluding hydrogens is 454 g/mol. The van der Waals surface area contributed by atoms with Gasteiger partial charge in [0.25, 0.3) is 0 Å². The Bertz CT molecular complexity index is 1040. The van der Waals surface area contributed by atoms with Crippen molar-refractivity contribution < 1.29 is 29.0 Å². The highest BCUT2D eigenvalue weighted by atomic mass is 16.6. The molecular formula is C24H33N5O6. The van der Waals surface area contributed by atoms with E-state index in [1.165, 1.54) is 6.33 Å². The van der Waals surface area contributed by atoms with Crippen molar-refractivity contribution in [2.45, 2.75) is 77.4 Å². The molecule has 2 atom stereocenters. The zero-order chi connectivity index (χ0) is 26.0. The van der Waals surface area contributed by atoms with E-state index >= 15 is 0 Å². The maximum atomic E-state index is 12.7. The molecule has 11 nitrogen and oxygen atoms in total. The van der Waals surface area contributed by atoms with Crippen LogP contribution in [0.15, 0.2) is 31.0 Å². The standard InChI is InChI=1S/C24H33N5O6/c1-22(2,3)34-20(32)29(21(33)35-23(4,5)6)12-7-9-16-13-24(16,18(30)31)17-14-28(15-27-17)19-25-10-8-11-26-19/h8,10-11,14-16H,7,9,12-13H2,1-6H3,(H,30,31)/t16-,24?/m0/s1. The number of nitrogens with zero attached hydrogens (tertiary/aromatic N) is 5. The summed E-state index contributed by atoms with van der Waals surface area (Å²) in [5.74, 6) is -0.758. The quantitative estimate of drug-likeness (QED) is 0.615. The summed E-state index contributed by atoms with van der Waals surface area (Å²) in [5.41, 5.74) is -2.26. The minimum atomic E-state index is -1.12. The summed E-state index contributed by atoms with van der Waals surface area (Å²) in [6.45, 7) is 10.3. The van der Waals surface area contributed by atoms with Gasteiger partial charge < -0.3 is 14.6 Å². The van der Waals surface area contributed by atoms with Gasteiger partial charge in [-0.1, -0.05) is 0 Å². The predicted molar refractivity (Wildman–Crippen MR) is 125 cm³/mol. The number of hydrogen-bond acceptors (Lipinski definition) is 8. The summed E-state index contributed by atoms with van der Waals surface area (Å²) in [5, 5.41) is 10.0. The lowest BCUT2D eigenvalue weighted by molar-refractivity contribution is -0.140. The lowest BCUT2D eigenvalue weighted by Crippen LogP contribution is -2.44. The van der Waals surface area contributed by atoms with Crippen LogP contribution in [0.1, 0.15) is 66.5 Å². The summed E-state index contributed by atoms with van der Waals surface area (Å²) < 4.78 is 12.3. The zero-order valence-electron chi connectivity index (χ0n) is 21.0. The first kappa shape index (κ1) is 26.1. The summed E-state index contributed by atoms with van der Waals surface area (Å²) in [6.07, 6.45) is 6.00. The molecule has 2 aromatic rings. The lowest BCUT2D eigenvalue weighted by Gasteiger charge is -2.28. The van der Waals surface area contributed by atoms with E-state index in [9.17, 15) is 19.5 Å². The molecule has 1 aliphatic rings. The number of carbonyl (C=O) groups is 3. The Balaban J connectivity index is 1.68. The zero-order valence-corrected chi connectivity index (χ0v) is 21.0. The first-order valence-corrected chi connectivity index (χ1v) is 11.5. The van der Waals surface area contributed by atoms with Crippen molar-refractivity contribution >= 4 is 18.2 Å². The first-order valence-electron chi connectivity index (χ1n) is 11.5. The number of amides is 2. The minimum Gasteiger partial charge on any atom is -0.481 e. The SMILES string of the molecule is CC(C)(C)OC(=O)N(CCC[C@H]1CC1(C(=O)O)c1cn(-c2ncccn2)cn1)C(=O)OC(C)(C)C. The van der Waals surface area contributed by atoms with Crippen LogP contribution in [-0.2, 0) is 19.7 Å². The average Bonchev–Trinajstić information content (AvgIpc) is 3.25. The molecule has 35 heavy (non-hydrogen) atoms. The van der Waals surface area contributed by atoms with Gasteiger partial charge in [-0.25, -0.2) is 29.4 Å². The molecule has 2 amide bonds. The van der Waals surface area contributed by atoms with Gasteiger partial charge in [0.2, 0.25) is 5.95 Å². The van der Waals surface area contributed by atoms with Crippen LogP contribution in [0, 0.1) is 5.92 Å². The number of imidazole rings is 1. The van der Waals surface area contributed by atoms with E-state index in [2.05, 4.69) is 15.0 Å². The molecule has 0 aliphatic heterocycles. The fourth-order valence-electron chi connectivity index (χ4n) is 3.84. The van der Waals surface area contributed by atoms with Crippen LogP contribution in [-0.4, -0.2) is 65.4 Å². The van der Waals surface area contributed by atoms with E-state index in [0.717, 1.165) is 4.90 Å². The van der Waals surface area contributed by atoms with Crippen molar-refractivity contribution in [3.8, 4) is 5.95 Å². The smallest absolute Gasteiger partial charge is 0.419 e. The molecule has 1 unspecified atom stereocenters. The van der Waals surface area contributed by atoms with Gasteiger partial charge in [-0.3, -0.25) is 9.36 Å². The second-order valence-corrected chi connectivity index (χ2v) is 10.6. The molecule has 0 spiro atoms. The van der Waals surface area contributed by atoms with Crippen LogP contribution in [0.25, 0.3) is 5.95 Å². The summed E-state index contributed by atoms with van der Waals surface area (Å²) in [4.78, 5) is 51.1. The molecule has 1 saturated carbocycles. The third-order valence-electron chi connectivity index (χ3n) is 5.47. The number of carboxylic acids is 1. The molecule has 3 rings (SSSR count). The van der Waals surface area contributed by atoms with Gasteiger partial charge in [-0.15, -0.1) is 0 Å². The normalized spacial score (nSPS) is 19.7. The van der Waals surface area contributed by atoms with Crippen molar-refractivity contribution in [1.82, 2.24) is 24.4 Å². The van der Waals surface area contributed by atoms with Crippen molar-refractivity contribution in [2.24, 2.45) is 5.92 Å². The number of carbonyl (C=O) groups excluding carboxylic acids is 2. The van der Waals surface area contributed by atoms with Crippen LogP contribution < -0.4 is 0 Å². The molecule has 1 fully saturated rings. The third kappa shape index (κ3) is 6.34. The van der Waals surface area contributed by atoms with Crippen LogP contribution in [0.4, 0.5) is 9.59 Å². The number of rotatable bonds is 7. The summed E-state index contributed by atoms with van der Waals surface area (Å²) >= 11 is 0. The fourth-order valence-corrected chi connectivity index (χ4v) is 3.84. The van der Waals surface area contributed by atoms with Crippen molar-refractivity contribution in [2.75, 3.05) is 6.54 Å². The van der Waals surface area contributed by atoms with E-state index in [1.54, 1.807) is 70.8 Å². The highest BCUT2D eigenvalue weighted by molar-refractivity contribution is 5.88. The monoisotopic (exact) mass is 487 g/mol. The maximum Gasteiger partial charge on any atom is 0.419 e. The Hall–Kier alpha value is -3.50. The minimum absolute atomic E-state index is 0.0440. The number of hydrogen-bond donors (Lipinski definition) is 1. The predicted octanol–water partition coefficient (Wildman–Crippen LogP) is 3.96. The summed E-state index contributed by atoms with van der Waals surface area (Å²) in [7, 11) is 0. The van der Waals surface area contributed by atoms with E-state index in [0.29, 0.717) is 30.9 Å². The van der Waals surface area contributed by atoms with Gasteiger partial charge >= 0.3 is 18.2 Å². The van der Waals surface area contributed by atoms with Gasteiger partial charge in [0.05, 0.1) is 5.69 Å². The highest BCUT2D eigenvalue weighted by Gasteiger charge is 2.62.